The molecule has 1 aromatic heterocycles. The van der Waals surface area contributed by atoms with Crippen molar-refractivity contribution in [3.05, 3.63) is 64.9 Å². The molecule has 2 N–H and O–H groups in total. The standard InChI is InChI=1S/C24H23ClFN5O2/c1-4-33-22-12-20-17(11-21(22)30-23(32)6-5-9-31(2)3)24(15(13-27)14-28-20)29-16-7-8-19(26)18(25)10-16/h5-8,10-12,14H,4,9H2,1-3H3,(H,28,29)(H,30,32)/b6-5+/i2D3,3D3,4D2,7D,8D,9D2,10D,11D,12D,14D. The molecular formula is C24H23ClFN5O2. The second kappa shape index (κ2) is 10.8. The third-order valence-electron chi connectivity index (χ3n) is 3.70. The van der Waals surface area contributed by atoms with E-state index in [2.05, 4.69) is 15.6 Å². The summed E-state index contributed by atoms with van der Waals surface area (Å²) in [5.74, 6) is -3.64. The zero-order valence-electron chi connectivity index (χ0n) is 32.6. The molecule has 2 aromatic carbocycles. The average molecular weight is 484 g/mol. The number of carbonyl (C=O) groups excluding carboxylic acids is 1. The number of halogens is 2. The van der Waals surface area contributed by atoms with Crippen LogP contribution < -0.4 is 15.4 Å². The molecule has 0 aliphatic heterocycles. The molecule has 33 heavy (non-hydrogen) atoms. The van der Waals surface area contributed by atoms with Crippen molar-refractivity contribution in [2.45, 2.75) is 6.92 Å². The van der Waals surface area contributed by atoms with Crippen LogP contribution in [0.2, 0.25) is 5.02 Å². The minimum atomic E-state index is -3.51. The lowest BCUT2D eigenvalue weighted by atomic mass is 10.1. The van der Waals surface area contributed by atoms with Gasteiger partial charge in [-0.25, -0.2) is 4.39 Å². The van der Waals surface area contributed by atoms with Gasteiger partial charge in [-0.1, -0.05) is 17.7 Å². The summed E-state index contributed by atoms with van der Waals surface area (Å²) in [6.45, 7) is -12.0. The molecule has 0 saturated heterocycles. The largest absolute Gasteiger partial charge is 0.492 e. The molecule has 1 heterocycles. The number of benzene rings is 2. The molecule has 9 heteroatoms. The summed E-state index contributed by atoms with van der Waals surface area (Å²) >= 11 is 5.82. The van der Waals surface area contributed by atoms with Crippen molar-refractivity contribution in [2.75, 3.05) is 37.6 Å². The number of nitriles is 1. The zero-order valence-corrected chi connectivity index (χ0v) is 17.3. The second-order valence-corrected chi connectivity index (χ2v) is 6.24. The minimum Gasteiger partial charge on any atom is -0.492 e. The molecule has 0 aliphatic carbocycles. The minimum absolute atomic E-state index is 0.282. The third-order valence-corrected chi connectivity index (χ3v) is 3.96. The SMILES string of the molecule is [2H]c1nc2c([2H])c(OC([2H])([2H])C)c(NC(=O)/C=C/C([2H])([2H])N(C([2H])([2H])[2H])C([2H])([2H])[2H])c([2H])c2c(Nc2c([2H])c([2H])c(F)c(Cl)c2[2H])c1C#N. The van der Waals surface area contributed by atoms with E-state index in [1.165, 1.54) is 0 Å². The number of hydrogen-bond donors (Lipinski definition) is 2. The smallest absolute Gasteiger partial charge is 0.248 e. The summed E-state index contributed by atoms with van der Waals surface area (Å²) in [4.78, 5) is 16.4. The predicted octanol–water partition coefficient (Wildman–Crippen LogP) is 5.10. The van der Waals surface area contributed by atoms with E-state index in [1.807, 2.05) is 0 Å². The van der Waals surface area contributed by atoms with Gasteiger partial charge >= 0.3 is 0 Å². The van der Waals surface area contributed by atoms with Crippen LogP contribution in [0.25, 0.3) is 10.9 Å². The Labute approximate surface area is 218 Å². The molecule has 7 nitrogen and oxygen atoms in total. The van der Waals surface area contributed by atoms with Gasteiger partial charge in [0.1, 0.15) is 17.6 Å². The van der Waals surface area contributed by atoms with Gasteiger partial charge in [-0.3, -0.25) is 9.78 Å². The summed E-state index contributed by atoms with van der Waals surface area (Å²) in [5, 5.41) is 12.9. The van der Waals surface area contributed by atoms with Crippen LogP contribution in [0.4, 0.5) is 21.5 Å². The molecule has 3 rings (SSSR count). The van der Waals surface area contributed by atoms with E-state index in [9.17, 15) is 14.4 Å². The van der Waals surface area contributed by atoms with Crippen LogP contribution in [0.1, 0.15) is 34.4 Å². The molecule has 0 bridgehead atoms. The van der Waals surface area contributed by atoms with Gasteiger partial charge in [0.15, 0.2) is 0 Å². The number of likely N-dealkylation sites (N-methyl/N-ethyl adjacent to an activating group) is 1. The van der Waals surface area contributed by atoms with Gasteiger partial charge in [0, 0.05) is 46.8 Å². The van der Waals surface area contributed by atoms with Gasteiger partial charge in [-0.15, -0.1) is 0 Å². The molecular weight excluding hydrogens is 445 g/mol. The highest BCUT2D eigenvalue weighted by Crippen LogP contribution is 2.36. The number of carbonyl (C=O) groups is 1. The molecule has 0 atom stereocenters. The van der Waals surface area contributed by atoms with Crippen LogP contribution in [0, 0.1) is 17.1 Å². The third kappa shape index (κ3) is 5.98. The Morgan fingerprint density at radius 1 is 1.45 bits per heavy atom. The van der Waals surface area contributed by atoms with Crippen LogP contribution in [0.3, 0.4) is 0 Å². The summed E-state index contributed by atoms with van der Waals surface area (Å²) < 4.78 is 146. The summed E-state index contributed by atoms with van der Waals surface area (Å²) in [6.07, 6.45) is -0.185. The number of amides is 1. The van der Waals surface area contributed by atoms with E-state index in [-0.39, 0.29) is 6.08 Å². The topological polar surface area (TPSA) is 90.3 Å². The van der Waals surface area contributed by atoms with Crippen molar-refractivity contribution >= 4 is 45.5 Å². The number of nitrogens with one attached hydrogen (secondary N) is 2. The molecule has 3 aromatic rings. The molecule has 0 spiro atoms. The van der Waals surface area contributed by atoms with Crippen molar-refractivity contribution in [1.82, 2.24) is 9.88 Å². The first-order valence-electron chi connectivity index (χ1n) is 16.7. The molecule has 0 unspecified atom stereocenters. The number of hydrogen-bond acceptors (Lipinski definition) is 6. The maximum Gasteiger partial charge on any atom is 0.248 e. The second-order valence-electron chi connectivity index (χ2n) is 5.86. The number of ether oxygens (including phenoxy) is 1. The Balaban J connectivity index is 2.35. The van der Waals surface area contributed by atoms with Crippen LogP contribution in [0.15, 0.2) is 48.5 Å². The first-order valence-corrected chi connectivity index (χ1v) is 9.12. The number of aromatic nitrogens is 1. The number of fused-ring (bicyclic) bond motifs is 1. The monoisotopic (exact) mass is 483 g/mol. The van der Waals surface area contributed by atoms with E-state index in [0.717, 1.165) is 6.92 Å². The summed E-state index contributed by atoms with van der Waals surface area (Å²) in [5.41, 5.74) is -3.35. The van der Waals surface area contributed by atoms with Gasteiger partial charge in [0.05, 0.1) is 45.0 Å². The zero-order chi connectivity index (χ0) is 37.8. The lowest BCUT2D eigenvalue weighted by Gasteiger charge is -2.16. The molecule has 170 valence electrons. The van der Waals surface area contributed by atoms with Crippen LogP contribution in [-0.4, -0.2) is 42.8 Å². The van der Waals surface area contributed by atoms with E-state index in [1.54, 1.807) is 6.07 Å². The van der Waals surface area contributed by atoms with Gasteiger partial charge in [0.25, 0.3) is 0 Å². The predicted molar refractivity (Wildman–Crippen MR) is 129 cm³/mol. The van der Waals surface area contributed by atoms with Gasteiger partial charge in [0.2, 0.25) is 5.91 Å². The van der Waals surface area contributed by atoms with E-state index >= 15 is 0 Å². The molecule has 0 aliphatic rings. The number of pyridine rings is 1. The van der Waals surface area contributed by atoms with Crippen molar-refractivity contribution in [3.8, 4) is 11.8 Å². The Bertz CT molecular complexity index is 1880. The maximum absolute atomic E-state index is 14.3. The van der Waals surface area contributed by atoms with Crippen LogP contribution >= 0.6 is 11.6 Å². The van der Waals surface area contributed by atoms with Crippen molar-refractivity contribution in [2.24, 2.45) is 0 Å². The Morgan fingerprint density at radius 3 is 3.00 bits per heavy atom. The average Bonchev–Trinajstić information content (AvgIpc) is 2.94. The molecule has 0 radical (unpaired) electrons. The first-order chi connectivity index (χ1) is 22.2. The van der Waals surface area contributed by atoms with Crippen molar-refractivity contribution < 1.29 is 35.9 Å². The molecule has 0 fully saturated rings. The molecule has 0 saturated carbocycles. The fourth-order valence-electron chi connectivity index (χ4n) is 2.41. The van der Waals surface area contributed by atoms with E-state index in [4.69, 9.17) is 38.3 Å². The van der Waals surface area contributed by atoms with Gasteiger partial charge in [-0.05, 0) is 45.0 Å². The first kappa shape index (κ1) is 10.5. The number of anilines is 3. The summed E-state index contributed by atoms with van der Waals surface area (Å²) in [6, 6.07) is -3.01. The quantitative estimate of drug-likeness (QED) is 0.433. The van der Waals surface area contributed by atoms with Crippen LogP contribution in [0.5, 0.6) is 5.75 Å². The Hall–Kier alpha value is -3.67. The lowest BCUT2D eigenvalue weighted by molar-refractivity contribution is -0.111. The number of rotatable bonds is 8. The Morgan fingerprint density at radius 2 is 2.27 bits per heavy atom. The number of nitrogens with zero attached hydrogens (tertiary/aromatic N) is 3. The van der Waals surface area contributed by atoms with E-state index in [0.29, 0.717) is 6.08 Å². The van der Waals surface area contributed by atoms with Gasteiger partial charge in [-0.2, -0.15) is 5.26 Å². The fraction of sp³-hybridized carbons (Fsp3) is 0.208. The lowest BCUT2D eigenvalue weighted by Crippen LogP contribution is -2.13. The normalized spacial score (nSPS) is 19.7. The fourth-order valence-corrected chi connectivity index (χ4v) is 2.55. The van der Waals surface area contributed by atoms with Crippen molar-refractivity contribution in [3.63, 3.8) is 0 Å². The van der Waals surface area contributed by atoms with Gasteiger partial charge < -0.3 is 20.3 Å². The summed E-state index contributed by atoms with van der Waals surface area (Å²) in [7, 11) is 0. The highest BCUT2D eigenvalue weighted by atomic mass is 35.5. The Kier molecular flexibility index (Phi) is 3.43. The van der Waals surface area contributed by atoms with Crippen LogP contribution in [-0.2, 0) is 4.79 Å². The highest BCUT2D eigenvalue weighted by Gasteiger charge is 2.15. The maximum atomic E-state index is 14.3. The molecule has 1 amide bonds. The van der Waals surface area contributed by atoms with Crippen molar-refractivity contribution in [1.29, 1.82) is 5.26 Å². The highest BCUT2D eigenvalue weighted by molar-refractivity contribution is 6.31. The van der Waals surface area contributed by atoms with E-state index < -0.39 is 124 Å².